The van der Waals surface area contributed by atoms with E-state index in [0.717, 1.165) is 25.6 Å². The molecule has 2 N–H and O–H groups in total. The lowest BCUT2D eigenvalue weighted by atomic mass is 10.2. The summed E-state index contributed by atoms with van der Waals surface area (Å²) in [7, 11) is 0. The second-order valence-corrected chi connectivity index (χ2v) is 7.78. The normalized spacial score (nSPS) is 18.6. The zero-order valence-electron chi connectivity index (χ0n) is 15.6. The number of nitrogens with one attached hydrogen (secondary N) is 2. The van der Waals surface area contributed by atoms with Gasteiger partial charge in [0.1, 0.15) is 0 Å². The molecule has 0 saturated carbocycles. The van der Waals surface area contributed by atoms with Gasteiger partial charge in [-0.05, 0) is 39.4 Å². The molecule has 1 aromatic rings. The van der Waals surface area contributed by atoms with Gasteiger partial charge < -0.3 is 15.5 Å². The number of piperazine rings is 1. The smallest absolute Gasteiger partial charge is 0.191 e. The van der Waals surface area contributed by atoms with Crippen LogP contribution in [0.25, 0.3) is 0 Å². The minimum atomic E-state index is 0.525. The molecule has 1 atom stereocenters. The molecule has 0 radical (unpaired) electrons. The first kappa shape index (κ1) is 19.2. The van der Waals surface area contributed by atoms with Crippen LogP contribution in [-0.2, 0) is 6.54 Å². The Morgan fingerprint density at radius 1 is 1.21 bits per heavy atom. The summed E-state index contributed by atoms with van der Waals surface area (Å²) in [6.07, 6.45) is 0. The first-order valence-electron chi connectivity index (χ1n) is 9.16. The predicted octanol–water partition coefficient (Wildman–Crippen LogP) is 2.14. The highest BCUT2D eigenvalue weighted by Gasteiger charge is 2.20. The predicted molar refractivity (Wildman–Crippen MR) is 105 cm³/mol. The van der Waals surface area contributed by atoms with Crippen molar-refractivity contribution in [1.82, 2.24) is 20.4 Å². The van der Waals surface area contributed by atoms with E-state index in [2.05, 4.69) is 60.3 Å². The van der Waals surface area contributed by atoms with Crippen LogP contribution in [0.3, 0.4) is 0 Å². The summed E-state index contributed by atoms with van der Waals surface area (Å²) in [5.74, 6) is 0.919. The molecular formula is C18H33N5S. The fourth-order valence-corrected chi connectivity index (χ4v) is 3.78. The second-order valence-electron chi connectivity index (χ2n) is 6.41. The molecule has 0 spiro atoms. The minimum Gasteiger partial charge on any atom is -0.357 e. The summed E-state index contributed by atoms with van der Waals surface area (Å²) < 4.78 is 0. The SMILES string of the molecule is CCNC(=NCc1ccc(C)s1)NCC(C)N1CCN(CC)CC1. The Hall–Kier alpha value is -1.11. The Morgan fingerprint density at radius 3 is 2.54 bits per heavy atom. The zero-order valence-corrected chi connectivity index (χ0v) is 16.5. The van der Waals surface area contributed by atoms with E-state index in [0.29, 0.717) is 6.04 Å². The van der Waals surface area contributed by atoms with Crippen LogP contribution in [0, 0.1) is 6.92 Å². The molecule has 1 aliphatic heterocycles. The van der Waals surface area contributed by atoms with E-state index in [1.54, 1.807) is 0 Å². The van der Waals surface area contributed by atoms with Crippen LogP contribution in [0.15, 0.2) is 17.1 Å². The van der Waals surface area contributed by atoms with Gasteiger partial charge >= 0.3 is 0 Å². The molecular weight excluding hydrogens is 318 g/mol. The van der Waals surface area contributed by atoms with Crippen molar-refractivity contribution in [3.05, 3.63) is 21.9 Å². The summed E-state index contributed by atoms with van der Waals surface area (Å²) >= 11 is 1.82. The van der Waals surface area contributed by atoms with Crippen LogP contribution in [0.4, 0.5) is 0 Å². The van der Waals surface area contributed by atoms with Gasteiger partial charge in [-0.1, -0.05) is 6.92 Å². The first-order chi connectivity index (χ1) is 11.6. The Balaban J connectivity index is 1.79. The standard InChI is InChI=1S/C18H33N5S/c1-5-19-18(21-14-17-8-7-16(4)24-17)20-13-15(3)23-11-9-22(6-2)10-12-23/h7-8,15H,5-6,9-14H2,1-4H3,(H2,19,20,21). The molecule has 2 heterocycles. The van der Waals surface area contributed by atoms with Crippen molar-refractivity contribution < 1.29 is 0 Å². The third-order valence-corrected chi connectivity index (χ3v) is 5.56. The monoisotopic (exact) mass is 351 g/mol. The van der Waals surface area contributed by atoms with Gasteiger partial charge in [0.2, 0.25) is 0 Å². The number of likely N-dealkylation sites (N-methyl/N-ethyl adjacent to an activating group) is 1. The lowest BCUT2D eigenvalue weighted by Gasteiger charge is -2.37. The van der Waals surface area contributed by atoms with Crippen molar-refractivity contribution in [1.29, 1.82) is 0 Å². The van der Waals surface area contributed by atoms with Crippen molar-refractivity contribution in [2.24, 2.45) is 4.99 Å². The van der Waals surface area contributed by atoms with E-state index in [1.807, 2.05) is 11.3 Å². The molecule has 1 aromatic heterocycles. The zero-order chi connectivity index (χ0) is 17.4. The topological polar surface area (TPSA) is 42.9 Å². The molecule has 0 aromatic carbocycles. The average molecular weight is 352 g/mol. The molecule has 1 unspecified atom stereocenters. The lowest BCUT2D eigenvalue weighted by molar-refractivity contribution is 0.107. The number of nitrogens with zero attached hydrogens (tertiary/aromatic N) is 3. The third-order valence-electron chi connectivity index (χ3n) is 4.58. The molecule has 1 saturated heterocycles. The fourth-order valence-electron chi connectivity index (χ4n) is 2.96. The number of aryl methyl sites for hydroxylation is 1. The van der Waals surface area contributed by atoms with Crippen molar-refractivity contribution in [2.75, 3.05) is 45.8 Å². The van der Waals surface area contributed by atoms with Crippen molar-refractivity contribution in [2.45, 2.75) is 40.3 Å². The maximum Gasteiger partial charge on any atom is 0.191 e. The fraction of sp³-hybridized carbons (Fsp3) is 0.722. The van der Waals surface area contributed by atoms with Gasteiger partial charge in [-0.3, -0.25) is 4.90 Å². The lowest BCUT2D eigenvalue weighted by Crippen LogP contribution is -2.53. The summed E-state index contributed by atoms with van der Waals surface area (Å²) in [4.78, 5) is 12.5. The second kappa shape index (κ2) is 10.0. The van der Waals surface area contributed by atoms with Crippen molar-refractivity contribution in [3.63, 3.8) is 0 Å². The maximum absolute atomic E-state index is 4.72. The number of rotatable bonds is 7. The summed E-state index contributed by atoms with van der Waals surface area (Å²) in [5.41, 5.74) is 0. The van der Waals surface area contributed by atoms with E-state index in [-0.39, 0.29) is 0 Å². The number of hydrogen-bond acceptors (Lipinski definition) is 4. The number of aliphatic imine (C=N–C) groups is 1. The van der Waals surface area contributed by atoms with E-state index in [1.165, 1.54) is 42.5 Å². The van der Waals surface area contributed by atoms with E-state index >= 15 is 0 Å². The van der Waals surface area contributed by atoms with Gasteiger partial charge in [-0.15, -0.1) is 11.3 Å². The highest BCUT2D eigenvalue weighted by atomic mass is 32.1. The van der Waals surface area contributed by atoms with Gasteiger partial charge in [0.05, 0.1) is 6.54 Å². The molecule has 24 heavy (non-hydrogen) atoms. The molecule has 6 heteroatoms. The quantitative estimate of drug-likeness (QED) is 0.583. The van der Waals surface area contributed by atoms with Crippen LogP contribution >= 0.6 is 11.3 Å². The largest absolute Gasteiger partial charge is 0.357 e. The van der Waals surface area contributed by atoms with Gasteiger partial charge in [-0.2, -0.15) is 0 Å². The Morgan fingerprint density at radius 2 is 1.96 bits per heavy atom. The van der Waals surface area contributed by atoms with Crippen molar-refractivity contribution >= 4 is 17.3 Å². The highest BCUT2D eigenvalue weighted by Crippen LogP contribution is 2.15. The summed E-state index contributed by atoms with van der Waals surface area (Å²) in [6.45, 7) is 17.2. The van der Waals surface area contributed by atoms with Crippen LogP contribution < -0.4 is 10.6 Å². The number of hydrogen-bond donors (Lipinski definition) is 2. The van der Waals surface area contributed by atoms with Gasteiger partial charge in [0.25, 0.3) is 0 Å². The third kappa shape index (κ3) is 6.07. The minimum absolute atomic E-state index is 0.525. The molecule has 1 fully saturated rings. The molecule has 2 rings (SSSR count). The molecule has 136 valence electrons. The van der Waals surface area contributed by atoms with Crippen LogP contribution in [-0.4, -0.2) is 67.6 Å². The molecule has 5 nitrogen and oxygen atoms in total. The van der Waals surface area contributed by atoms with Crippen molar-refractivity contribution in [3.8, 4) is 0 Å². The highest BCUT2D eigenvalue weighted by molar-refractivity contribution is 7.11. The summed E-state index contributed by atoms with van der Waals surface area (Å²) in [6, 6.07) is 4.86. The van der Waals surface area contributed by atoms with Gasteiger partial charge in [0.15, 0.2) is 5.96 Å². The molecule has 0 amide bonds. The van der Waals surface area contributed by atoms with Gasteiger partial charge in [0, 0.05) is 55.1 Å². The summed E-state index contributed by atoms with van der Waals surface area (Å²) in [5, 5.41) is 6.86. The average Bonchev–Trinajstić information content (AvgIpc) is 3.02. The van der Waals surface area contributed by atoms with Crippen LogP contribution in [0.2, 0.25) is 0 Å². The van der Waals surface area contributed by atoms with Gasteiger partial charge in [-0.25, -0.2) is 4.99 Å². The molecule has 0 bridgehead atoms. The van der Waals surface area contributed by atoms with Crippen LogP contribution in [0.1, 0.15) is 30.5 Å². The van der Waals surface area contributed by atoms with E-state index in [9.17, 15) is 0 Å². The maximum atomic E-state index is 4.72. The van der Waals surface area contributed by atoms with Crippen LogP contribution in [0.5, 0.6) is 0 Å². The molecule has 1 aliphatic rings. The Labute approximate surface area is 151 Å². The number of guanidine groups is 1. The van der Waals surface area contributed by atoms with E-state index in [4.69, 9.17) is 4.99 Å². The Kier molecular flexibility index (Phi) is 8.02. The number of thiophene rings is 1. The Bertz CT molecular complexity index is 505. The first-order valence-corrected chi connectivity index (χ1v) is 9.98. The van der Waals surface area contributed by atoms with E-state index < -0.39 is 0 Å². The molecule has 0 aliphatic carbocycles.